The number of hydrogen-bond acceptors (Lipinski definition) is 3. The predicted molar refractivity (Wildman–Crippen MR) is 71.4 cm³/mol. The molecule has 1 aliphatic heterocycles. The standard InChI is InChI=1S/C14H18N2O3/c1-9(2)10-3-5-11(6-4-10)14-12(16(18)19)7-8-13(17)15-14/h3-6,9,12,14H,7-8H2,1-2H3,(H,15,17)/t12-,14+/m1/s1. The molecule has 1 fully saturated rings. The molecular weight excluding hydrogens is 244 g/mol. The fourth-order valence-corrected chi connectivity index (χ4v) is 2.41. The number of piperidine rings is 1. The van der Waals surface area contributed by atoms with Crippen molar-refractivity contribution >= 4 is 5.91 Å². The highest BCUT2D eigenvalue weighted by molar-refractivity contribution is 5.77. The summed E-state index contributed by atoms with van der Waals surface area (Å²) < 4.78 is 0. The molecule has 0 aromatic heterocycles. The van der Waals surface area contributed by atoms with Crippen molar-refractivity contribution in [1.82, 2.24) is 5.32 Å². The number of benzene rings is 1. The number of rotatable bonds is 3. The van der Waals surface area contributed by atoms with Crippen LogP contribution in [0.1, 0.15) is 49.8 Å². The summed E-state index contributed by atoms with van der Waals surface area (Å²) >= 11 is 0. The lowest BCUT2D eigenvalue weighted by Gasteiger charge is -2.27. The molecule has 0 radical (unpaired) electrons. The molecule has 1 amide bonds. The zero-order chi connectivity index (χ0) is 14.0. The van der Waals surface area contributed by atoms with Gasteiger partial charge in [-0.2, -0.15) is 0 Å². The van der Waals surface area contributed by atoms with E-state index in [0.29, 0.717) is 12.3 Å². The van der Waals surface area contributed by atoms with Crippen molar-refractivity contribution in [2.75, 3.05) is 0 Å². The van der Waals surface area contributed by atoms with Gasteiger partial charge >= 0.3 is 0 Å². The molecule has 0 spiro atoms. The van der Waals surface area contributed by atoms with Gasteiger partial charge in [0.05, 0.1) is 0 Å². The van der Waals surface area contributed by atoms with Crippen molar-refractivity contribution in [1.29, 1.82) is 0 Å². The fraction of sp³-hybridized carbons (Fsp3) is 0.500. The number of amides is 1. The van der Waals surface area contributed by atoms with Crippen molar-refractivity contribution in [2.45, 2.75) is 44.7 Å². The van der Waals surface area contributed by atoms with Crippen LogP contribution in [0.4, 0.5) is 0 Å². The highest BCUT2D eigenvalue weighted by Gasteiger charge is 2.37. The quantitative estimate of drug-likeness (QED) is 0.671. The molecule has 19 heavy (non-hydrogen) atoms. The molecule has 102 valence electrons. The minimum atomic E-state index is -0.734. The first-order valence-electron chi connectivity index (χ1n) is 6.51. The molecule has 1 aromatic carbocycles. The maximum Gasteiger partial charge on any atom is 0.237 e. The predicted octanol–water partition coefficient (Wildman–Crippen LogP) is 2.41. The number of nitrogens with zero attached hydrogens (tertiary/aromatic N) is 1. The van der Waals surface area contributed by atoms with E-state index in [1.165, 1.54) is 5.56 Å². The molecule has 0 bridgehead atoms. The Morgan fingerprint density at radius 3 is 2.47 bits per heavy atom. The lowest BCUT2D eigenvalue weighted by atomic mass is 9.91. The van der Waals surface area contributed by atoms with Crippen molar-refractivity contribution in [3.8, 4) is 0 Å². The van der Waals surface area contributed by atoms with Gasteiger partial charge in [-0.25, -0.2) is 0 Å². The van der Waals surface area contributed by atoms with Crippen LogP contribution in [-0.2, 0) is 4.79 Å². The molecule has 1 heterocycles. The van der Waals surface area contributed by atoms with E-state index in [-0.39, 0.29) is 17.3 Å². The van der Waals surface area contributed by atoms with E-state index in [1.54, 1.807) is 0 Å². The molecule has 1 N–H and O–H groups in total. The first-order chi connectivity index (χ1) is 8.99. The summed E-state index contributed by atoms with van der Waals surface area (Å²) in [6.07, 6.45) is 0.529. The summed E-state index contributed by atoms with van der Waals surface area (Å²) in [7, 11) is 0. The Morgan fingerprint density at radius 1 is 1.32 bits per heavy atom. The Morgan fingerprint density at radius 2 is 1.95 bits per heavy atom. The third kappa shape index (κ3) is 2.92. The summed E-state index contributed by atoms with van der Waals surface area (Å²) in [5.74, 6) is 0.303. The number of nitrogens with one attached hydrogen (secondary N) is 1. The largest absolute Gasteiger partial charge is 0.343 e. The van der Waals surface area contributed by atoms with Crippen molar-refractivity contribution in [3.63, 3.8) is 0 Å². The molecule has 1 aromatic rings. The van der Waals surface area contributed by atoms with Crippen LogP contribution in [0, 0.1) is 10.1 Å². The lowest BCUT2D eigenvalue weighted by Crippen LogP contribution is -2.45. The van der Waals surface area contributed by atoms with Crippen molar-refractivity contribution < 1.29 is 9.72 Å². The number of carbonyl (C=O) groups excluding carboxylic acids is 1. The van der Waals surface area contributed by atoms with E-state index < -0.39 is 12.1 Å². The summed E-state index contributed by atoms with van der Waals surface area (Å²) in [6, 6.07) is 6.44. The van der Waals surface area contributed by atoms with Crippen LogP contribution < -0.4 is 5.32 Å². The van der Waals surface area contributed by atoms with Crippen LogP contribution in [0.3, 0.4) is 0 Å². The monoisotopic (exact) mass is 262 g/mol. The van der Waals surface area contributed by atoms with E-state index in [4.69, 9.17) is 0 Å². The third-order valence-corrected chi connectivity index (χ3v) is 3.60. The lowest BCUT2D eigenvalue weighted by molar-refractivity contribution is -0.529. The molecule has 2 rings (SSSR count). The Bertz CT molecular complexity index is 482. The Kier molecular flexibility index (Phi) is 3.83. The van der Waals surface area contributed by atoms with Gasteiger partial charge in [0, 0.05) is 17.8 Å². The Labute approximate surface area is 112 Å². The van der Waals surface area contributed by atoms with Gasteiger partial charge in [0.2, 0.25) is 11.9 Å². The minimum Gasteiger partial charge on any atom is -0.343 e. The zero-order valence-electron chi connectivity index (χ0n) is 11.1. The number of nitro groups is 1. The van der Waals surface area contributed by atoms with Gasteiger partial charge in [-0.15, -0.1) is 0 Å². The first-order valence-corrected chi connectivity index (χ1v) is 6.51. The van der Waals surface area contributed by atoms with Crippen molar-refractivity contribution in [2.24, 2.45) is 0 Å². The first kappa shape index (κ1) is 13.5. The van der Waals surface area contributed by atoms with Crippen LogP contribution in [0.5, 0.6) is 0 Å². The highest BCUT2D eigenvalue weighted by atomic mass is 16.6. The molecule has 2 atom stereocenters. The second kappa shape index (κ2) is 5.38. The van der Waals surface area contributed by atoms with E-state index in [0.717, 1.165) is 5.56 Å². The molecule has 0 saturated carbocycles. The summed E-state index contributed by atoms with van der Waals surface area (Å²) in [6.45, 7) is 4.19. The second-order valence-electron chi connectivity index (χ2n) is 5.26. The van der Waals surface area contributed by atoms with Crippen LogP contribution >= 0.6 is 0 Å². The Balaban J connectivity index is 2.26. The van der Waals surface area contributed by atoms with Gasteiger partial charge in [-0.05, 0) is 17.0 Å². The normalized spacial score (nSPS) is 23.2. The van der Waals surface area contributed by atoms with Gasteiger partial charge in [0.25, 0.3) is 0 Å². The van der Waals surface area contributed by atoms with Gasteiger partial charge < -0.3 is 5.32 Å². The average molecular weight is 262 g/mol. The molecular formula is C14H18N2O3. The molecule has 1 saturated heterocycles. The average Bonchev–Trinajstić information content (AvgIpc) is 2.38. The third-order valence-electron chi connectivity index (χ3n) is 3.60. The second-order valence-corrected chi connectivity index (χ2v) is 5.26. The van der Waals surface area contributed by atoms with Gasteiger partial charge in [0.15, 0.2) is 0 Å². The zero-order valence-corrected chi connectivity index (χ0v) is 11.1. The van der Waals surface area contributed by atoms with Crippen LogP contribution in [0.25, 0.3) is 0 Å². The SMILES string of the molecule is CC(C)c1ccc([C@@H]2NC(=O)CC[C@H]2[N+](=O)[O-])cc1. The van der Waals surface area contributed by atoms with E-state index in [2.05, 4.69) is 19.2 Å². The molecule has 1 aliphatic rings. The highest BCUT2D eigenvalue weighted by Crippen LogP contribution is 2.27. The van der Waals surface area contributed by atoms with Gasteiger partial charge in [-0.1, -0.05) is 38.1 Å². The number of carbonyl (C=O) groups is 1. The van der Waals surface area contributed by atoms with E-state index >= 15 is 0 Å². The topological polar surface area (TPSA) is 72.2 Å². The molecule has 0 aliphatic carbocycles. The van der Waals surface area contributed by atoms with Crippen LogP contribution in [0.2, 0.25) is 0 Å². The van der Waals surface area contributed by atoms with Gasteiger partial charge in [-0.3, -0.25) is 14.9 Å². The van der Waals surface area contributed by atoms with E-state index in [1.807, 2.05) is 24.3 Å². The maximum atomic E-state index is 11.5. The van der Waals surface area contributed by atoms with Crippen molar-refractivity contribution in [3.05, 3.63) is 45.5 Å². The van der Waals surface area contributed by atoms with Crippen LogP contribution in [0.15, 0.2) is 24.3 Å². The smallest absolute Gasteiger partial charge is 0.237 e. The Hall–Kier alpha value is -1.91. The minimum absolute atomic E-state index is 0.115. The van der Waals surface area contributed by atoms with Gasteiger partial charge in [0.1, 0.15) is 6.04 Å². The molecule has 5 heteroatoms. The summed E-state index contributed by atoms with van der Waals surface area (Å²) in [4.78, 5) is 22.2. The van der Waals surface area contributed by atoms with E-state index in [9.17, 15) is 14.9 Å². The summed E-state index contributed by atoms with van der Waals surface area (Å²) in [5, 5.41) is 13.8. The fourth-order valence-electron chi connectivity index (χ4n) is 2.41. The molecule has 5 nitrogen and oxygen atoms in total. The number of hydrogen-bond donors (Lipinski definition) is 1. The molecule has 0 unspecified atom stereocenters. The maximum absolute atomic E-state index is 11.5. The van der Waals surface area contributed by atoms with Crippen LogP contribution in [-0.4, -0.2) is 16.9 Å². The summed E-state index contributed by atoms with van der Waals surface area (Å²) in [5.41, 5.74) is 1.99.